The van der Waals surface area contributed by atoms with E-state index in [1.807, 2.05) is 13.8 Å². The molecule has 1 saturated heterocycles. The van der Waals surface area contributed by atoms with Crippen LogP contribution in [0.15, 0.2) is 6.07 Å². The van der Waals surface area contributed by atoms with Crippen molar-refractivity contribution >= 4 is 22.9 Å². The van der Waals surface area contributed by atoms with Crippen LogP contribution in [0.1, 0.15) is 21.7 Å². The van der Waals surface area contributed by atoms with Crippen LogP contribution in [0.25, 0.3) is 11.0 Å². The van der Waals surface area contributed by atoms with Crippen LogP contribution in [0.3, 0.4) is 0 Å². The molecule has 0 saturated carbocycles. The van der Waals surface area contributed by atoms with Crippen LogP contribution in [0.5, 0.6) is 0 Å². The summed E-state index contributed by atoms with van der Waals surface area (Å²) in [5, 5.41) is 17.1. The molecule has 1 aliphatic rings. The number of carbonyl (C=O) groups excluding carboxylic acids is 1. The molecule has 0 radical (unpaired) electrons. The minimum atomic E-state index is -0.948. The van der Waals surface area contributed by atoms with Gasteiger partial charge in [-0.25, -0.2) is 4.98 Å². The van der Waals surface area contributed by atoms with E-state index < -0.39 is 12.0 Å². The number of hydrogen-bond acceptors (Lipinski definition) is 5. The summed E-state index contributed by atoms with van der Waals surface area (Å²) >= 11 is 0. The van der Waals surface area contributed by atoms with Crippen LogP contribution < -0.4 is 5.32 Å². The fourth-order valence-corrected chi connectivity index (χ4v) is 3.01. The number of aryl methyl sites for hydroxylation is 3. The first-order valence-corrected chi connectivity index (χ1v) is 7.45. The smallest absolute Gasteiger partial charge is 0.322 e. The lowest BCUT2D eigenvalue weighted by atomic mass is 10.1. The molecule has 1 fully saturated rings. The molecule has 2 aromatic heterocycles. The van der Waals surface area contributed by atoms with E-state index in [1.54, 1.807) is 22.7 Å². The number of nitrogens with one attached hydrogen (secondary N) is 1. The number of pyridine rings is 1. The highest BCUT2D eigenvalue weighted by atomic mass is 16.4. The van der Waals surface area contributed by atoms with Crippen molar-refractivity contribution < 1.29 is 14.7 Å². The summed E-state index contributed by atoms with van der Waals surface area (Å²) in [5.41, 5.74) is 2.66. The number of aromatic nitrogens is 3. The zero-order valence-electron chi connectivity index (χ0n) is 13.3. The van der Waals surface area contributed by atoms with Crippen molar-refractivity contribution in [2.45, 2.75) is 19.9 Å². The quantitative estimate of drug-likeness (QED) is 0.814. The predicted octanol–water partition coefficient (Wildman–Crippen LogP) is 0.0837. The first-order chi connectivity index (χ1) is 10.9. The van der Waals surface area contributed by atoms with Gasteiger partial charge in [0.05, 0.1) is 16.6 Å². The second-order valence-electron chi connectivity index (χ2n) is 5.81. The highest BCUT2D eigenvalue weighted by molar-refractivity contribution is 6.06. The summed E-state index contributed by atoms with van der Waals surface area (Å²) in [6.07, 6.45) is 0. The van der Waals surface area contributed by atoms with Crippen molar-refractivity contribution in [3.05, 3.63) is 23.0 Å². The second kappa shape index (κ2) is 5.62. The highest BCUT2D eigenvalue weighted by Crippen LogP contribution is 2.23. The number of carboxylic acids is 1. The average Bonchev–Trinajstić information content (AvgIpc) is 2.80. The molecule has 2 aromatic rings. The van der Waals surface area contributed by atoms with Gasteiger partial charge < -0.3 is 15.3 Å². The van der Waals surface area contributed by atoms with Gasteiger partial charge >= 0.3 is 5.97 Å². The third kappa shape index (κ3) is 2.65. The topological polar surface area (TPSA) is 100 Å². The van der Waals surface area contributed by atoms with E-state index >= 15 is 0 Å². The van der Waals surface area contributed by atoms with Crippen molar-refractivity contribution in [1.29, 1.82) is 0 Å². The number of rotatable bonds is 2. The Hall–Kier alpha value is -2.48. The van der Waals surface area contributed by atoms with Crippen LogP contribution in [-0.4, -0.2) is 62.3 Å². The molecule has 0 unspecified atom stereocenters. The molecule has 1 aliphatic heterocycles. The van der Waals surface area contributed by atoms with Crippen LogP contribution in [0, 0.1) is 13.8 Å². The van der Waals surface area contributed by atoms with Gasteiger partial charge in [0, 0.05) is 32.4 Å². The summed E-state index contributed by atoms with van der Waals surface area (Å²) in [5.74, 6) is -1.12. The van der Waals surface area contributed by atoms with Gasteiger partial charge in [0.2, 0.25) is 0 Å². The van der Waals surface area contributed by atoms with Crippen LogP contribution in [0.4, 0.5) is 0 Å². The van der Waals surface area contributed by atoms with E-state index in [4.69, 9.17) is 5.11 Å². The molecule has 23 heavy (non-hydrogen) atoms. The Morgan fingerprint density at radius 2 is 2.13 bits per heavy atom. The molecule has 3 rings (SSSR count). The first-order valence-electron chi connectivity index (χ1n) is 7.45. The van der Waals surface area contributed by atoms with Gasteiger partial charge in [-0.2, -0.15) is 5.10 Å². The molecule has 3 heterocycles. The summed E-state index contributed by atoms with van der Waals surface area (Å²) in [6, 6.07) is 1.01. The minimum Gasteiger partial charge on any atom is -0.480 e. The largest absolute Gasteiger partial charge is 0.480 e. The lowest BCUT2D eigenvalue weighted by molar-refractivity contribution is -0.140. The maximum atomic E-state index is 12.9. The number of carboxylic acid groups (broad SMARTS) is 1. The number of hydrogen-bond donors (Lipinski definition) is 2. The Balaban J connectivity index is 2.02. The fraction of sp³-hybridized carbons (Fsp3) is 0.467. The highest BCUT2D eigenvalue weighted by Gasteiger charge is 2.30. The van der Waals surface area contributed by atoms with E-state index in [1.165, 1.54) is 0 Å². The molecule has 0 aromatic carbocycles. The zero-order valence-corrected chi connectivity index (χ0v) is 13.3. The zero-order chi connectivity index (χ0) is 16.7. The predicted molar refractivity (Wildman–Crippen MR) is 83.3 cm³/mol. The number of aliphatic carboxylic acids is 1. The van der Waals surface area contributed by atoms with E-state index in [9.17, 15) is 9.59 Å². The average molecular weight is 317 g/mol. The molecule has 2 N–H and O–H groups in total. The minimum absolute atomic E-state index is 0.149. The third-order valence-corrected chi connectivity index (χ3v) is 4.09. The second-order valence-corrected chi connectivity index (χ2v) is 5.81. The summed E-state index contributed by atoms with van der Waals surface area (Å²) in [6.45, 7) is 4.76. The first kappa shape index (κ1) is 15.4. The fourth-order valence-electron chi connectivity index (χ4n) is 3.01. The summed E-state index contributed by atoms with van der Waals surface area (Å²) < 4.78 is 1.66. The molecule has 1 amide bonds. The number of piperazine rings is 1. The van der Waals surface area contributed by atoms with E-state index in [0.29, 0.717) is 24.3 Å². The molecule has 122 valence electrons. The molecule has 8 heteroatoms. The molecular weight excluding hydrogens is 298 g/mol. The van der Waals surface area contributed by atoms with Crippen LogP contribution >= 0.6 is 0 Å². The molecule has 0 spiro atoms. The number of amides is 1. The maximum Gasteiger partial charge on any atom is 0.322 e. The Labute approximate surface area is 133 Å². The number of fused-ring (bicyclic) bond motifs is 1. The molecule has 0 bridgehead atoms. The van der Waals surface area contributed by atoms with Gasteiger partial charge in [0.25, 0.3) is 5.91 Å². The van der Waals surface area contributed by atoms with Crippen molar-refractivity contribution in [1.82, 2.24) is 25.0 Å². The van der Waals surface area contributed by atoms with E-state index in [0.717, 1.165) is 16.8 Å². The van der Waals surface area contributed by atoms with Crippen molar-refractivity contribution in [3.8, 4) is 0 Å². The van der Waals surface area contributed by atoms with Gasteiger partial charge in [0.1, 0.15) is 6.04 Å². The SMILES string of the molecule is Cc1cc(C(=O)N2CCN[C@@H](C(=O)O)C2)c2c(C)nn(C)c2n1. The summed E-state index contributed by atoms with van der Waals surface area (Å²) in [4.78, 5) is 30.1. The monoisotopic (exact) mass is 317 g/mol. The standard InChI is InChI=1S/C15H19N5O3/c1-8-6-10(12-9(2)18-19(3)13(12)17-8)14(21)20-5-4-16-11(7-20)15(22)23/h6,11,16H,4-5,7H2,1-3H3,(H,22,23)/t11-/m1/s1. The van der Waals surface area contributed by atoms with Crippen molar-refractivity contribution in [2.75, 3.05) is 19.6 Å². The molecule has 1 atom stereocenters. The lowest BCUT2D eigenvalue weighted by Gasteiger charge is -2.31. The third-order valence-electron chi connectivity index (χ3n) is 4.09. The number of carbonyl (C=O) groups is 2. The molecular formula is C15H19N5O3. The Bertz CT molecular complexity index is 798. The Morgan fingerprint density at radius 3 is 2.83 bits per heavy atom. The maximum absolute atomic E-state index is 12.9. The van der Waals surface area contributed by atoms with E-state index in [2.05, 4.69) is 15.4 Å². The normalized spacial score (nSPS) is 18.4. The van der Waals surface area contributed by atoms with Crippen LogP contribution in [0.2, 0.25) is 0 Å². The van der Waals surface area contributed by atoms with Crippen LogP contribution in [-0.2, 0) is 11.8 Å². The van der Waals surface area contributed by atoms with Gasteiger partial charge in [-0.3, -0.25) is 14.3 Å². The van der Waals surface area contributed by atoms with Gasteiger partial charge in [-0.15, -0.1) is 0 Å². The molecule has 8 nitrogen and oxygen atoms in total. The van der Waals surface area contributed by atoms with Gasteiger partial charge in [-0.1, -0.05) is 0 Å². The molecule has 0 aliphatic carbocycles. The van der Waals surface area contributed by atoms with Crippen molar-refractivity contribution in [2.24, 2.45) is 7.05 Å². The lowest BCUT2D eigenvalue weighted by Crippen LogP contribution is -2.55. The van der Waals surface area contributed by atoms with Gasteiger partial charge in [-0.05, 0) is 19.9 Å². The number of nitrogens with zero attached hydrogens (tertiary/aromatic N) is 4. The van der Waals surface area contributed by atoms with Crippen molar-refractivity contribution in [3.63, 3.8) is 0 Å². The van der Waals surface area contributed by atoms with E-state index in [-0.39, 0.29) is 12.5 Å². The Kier molecular flexibility index (Phi) is 3.77. The Morgan fingerprint density at radius 1 is 1.39 bits per heavy atom. The van der Waals surface area contributed by atoms with Gasteiger partial charge in [0.15, 0.2) is 5.65 Å². The summed E-state index contributed by atoms with van der Waals surface area (Å²) in [7, 11) is 1.79.